The third kappa shape index (κ3) is 10.3. The quantitative estimate of drug-likeness (QED) is 0.0636. The van der Waals surface area contributed by atoms with E-state index in [0.29, 0.717) is 13.2 Å². The van der Waals surface area contributed by atoms with Crippen LogP contribution in [0.15, 0.2) is 12.7 Å². The molecule has 0 aromatic carbocycles. The van der Waals surface area contributed by atoms with E-state index in [1.165, 1.54) is 6.92 Å². The maximum atomic E-state index is 12.4. The van der Waals surface area contributed by atoms with Crippen molar-refractivity contribution < 1.29 is 32.7 Å². The molecule has 0 aliphatic carbocycles. The Morgan fingerprint density at radius 1 is 0.932 bits per heavy atom. The Hall–Kier alpha value is -0.339. The van der Waals surface area contributed by atoms with Gasteiger partial charge in [0.1, 0.15) is 5.60 Å². The Bertz CT molecular complexity index is 915. The topological polar surface area (TPSA) is 86.8 Å². The molecule has 0 amide bonds. The lowest BCUT2D eigenvalue weighted by atomic mass is 9.80. The number of rotatable bonds is 19. The lowest BCUT2D eigenvalue weighted by Crippen LogP contribution is -2.56. The van der Waals surface area contributed by atoms with Gasteiger partial charge in [-0.3, -0.25) is 4.79 Å². The van der Waals surface area contributed by atoms with E-state index in [9.17, 15) is 9.90 Å². The number of hydrogen-bond acceptors (Lipinski definition) is 7. The summed E-state index contributed by atoms with van der Waals surface area (Å²) in [6.45, 7) is 39.8. The van der Waals surface area contributed by atoms with Crippen LogP contribution in [0.4, 0.5) is 0 Å². The zero-order chi connectivity index (χ0) is 34.5. The van der Waals surface area contributed by atoms with Gasteiger partial charge >= 0.3 is 5.97 Å². The van der Waals surface area contributed by atoms with Crippen molar-refractivity contribution in [1.82, 2.24) is 0 Å². The third-order valence-corrected chi connectivity index (χ3v) is 24.9. The summed E-state index contributed by atoms with van der Waals surface area (Å²) < 4.78 is 32.8. The minimum absolute atomic E-state index is 0.0119. The Kier molecular flexibility index (Phi) is 14.9. The predicted octanol–water partition coefficient (Wildman–Crippen LogP) is 8.56. The number of epoxide rings is 1. The number of aliphatic hydroxyl groups excluding tert-OH is 1. The monoisotopic (exact) mass is 674 g/mol. The van der Waals surface area contributed by atoms with Crippen molar-refractivity contribution in [3.8, 4) is 0 Å². The molecular formula is C34H70O7Si3. The van der Waals surface area contributed by atoms with Crippen LogP contribution in [0.1, 0.15) is 83.1 Å². The van der Waals surface area contributed by atoms with E-state index in [4.69, 9.17) is 22.8 Å². The summed E-state index contributed by atoms with van der Waals surface area (Å²) in [5.41, 5.74) is -0.661. The van der Waals surface area contributed by atoms with Gasteiger partial charge in [0.15, 0.2) is 25.0 Å². The van der Waals surface area contributed by atoms with Gasteiger partial charge in [0.25, 0.3) is 0 Å². The van der Waals surface area contributed by atoms with Gasteiger partial charge in [-0.2, -0.15) is 0 Å². The molecule has 0 radical (unpaired) electrons. The largest absolute Gasteiger partial charge is 0.465 e. The second-order valence-corrected chi connectivity index (χ2v) is 30.8. The first-order chi connectivity index (χ1) is 19.9. The molecule has 1 N–H and O–H groups in total. The number of hydrogen-bond donors (Lipinski definition) is 1. The Balaban J connectivity index is 3.66. The fourth-order valence-electron chi connectivity index (χ4n) is 5.42. The van der Waals surface area contributed by atoms with Gasteiger partial charge in [-0.15, -0.1) is 6.58 Å². The van der Waals surface area contributed by atoms with Crippen LogP contribution in [-0.2, 0) is 27.5 Å². The molecule has 0 aromatic heterocycles. The average Bonchev–Trinajstić information content (AvgIpc) is 3.60. The van der Waals surface area contributed by atoms with Crippen molar-refractivity contribution in [3.63, 3.8) is 0 Å². The molecule has 1 rings (SSSR count). The molecule has 1 saturated heterocycles. The molecule has 0 saturated carbocycles. The van der Waals surface area contributed by atoms with Gasteiger partial charge in [0.2, 0.25) is 0 Å². The van der Waals surface area contributed by atoms with E-state index in [2.05, 4.69) is 109 Å². The van der Waals surface area contributed by atoms with Crippen LogP contribution >= 0.6 is 0 Å². The first-order valence-corrected chi connectivity index (χ1v) is 25.3. The summed E-state index contributed by atoms with van der Waals surface area (Å²) in [7, 11) is -6.39. The van der Waals surface area contributed by atoms with Crippen molar-refractivity contribution in [2.24, 2.45) is 17.8 Å². The van der Waals surface area contributed by atoms with Gasteiger partial charge in [-0.05, 0) is 61.3 Å². The van der Waals surface area contributed by atoms with Gasteiger partial charge in [-0.25, -0.2) is 0 Å². The van der Waals surface area contributed by atoms with Gasteiger partial charge < -0.3 is 27.9 Å². The van der Waals surface area contributed by atoms with E-state index in [0.717, 1.165) is 18.1 Å². The first-order valence-electron chi connectivity index (χ1n) is 17.0. The normalized spacial score (nSPS) is 23.4. The molecule has 1 aliphatic heterocycles. The zero-order valence-electron chi connectivity index (χ0n) is 31.4. The van der Waals surface area contributed by atoms with Crippen molar-refractivity contribution in [1.29, 1.82) is 0 Å². The van der Waals surface area contributed by atoms with Crippen LogP contribution in [0.3, 0.4) is 0 Å². The van der Waals surface area contributed by atoms with Crippen LogP contribution in [0, 0.1) is 17.8 Å². The van der Waals surface area contributed by atoms with Crippen LogP contribution in [0.2, 0.25) is 54.4 Å². The summed E-state index contributed by atoms with van der Waals surface area (Å²) in [5.74, 6) is -0.994. The highest BCUT2D eigenvalue weighted by Gasteiger charge is 2.64. The molecule has 0 spiro atoms. The van der Waals surface area contributed by atoms with E-state index in [-0.39, 0.29) is 46.5 Å². The Labute approximate surface area is 274 Å². The third-order valence-electron chi connectivity index (χ3n) is 11.3. The smallest absolute Gasteiger partial charge is 0.302 e. The van der Waals surface area contributed by atoms with Gasteiger partial charge in [-0.1, -0.05) is 75.3 Å². The van der Waals surface area contributed by atoms with Crippen molar-refractivity contribution >= 4 is 30.9 Å². The molecule has 7 nitrogen and oxygen atoms in total. The molecular weight excluding hydrogens is 605 g/mol. The maximum Gasteiger partial charge on any atom is 0.302 e. The molecule has 1 aliphatic rings. The molecule has 0 unspecified atom stereocenters. The molecule has 0 aromatic rings. The highest BCUT2D eigenvalue weighted by atomic mass is 28.4. The number of aliphatic hydroxyl groups is 1. The van der Waals surface area contributed by atoms with Crippen molar-refractivity contribution in [3.05, 3.63) is 12.7 Å². The zero-order valence-corrected chi connectivity index (χ0v) is 34.4. The molecule has 7 atom stereocenters. The highest BCUT2D eigenvalue weighted by molar-refractivity contribution is 6.74. The summed E-state index contributed by atoms with van der Waals surface area (Å²) in [6.07, 6.45) is 0.455. The number of carbonyl (C=O) groups excluding carboxylic acids is 1. The van der Waals surface area contributed by atoms with E-state index < -0.39 is 42.8 Å². The Morgan fingerprint density at radius 2 is 1.39 bits per heavy atom. The van der Waals surface area contributed by atoms with Crippen LogP contribution in [-0.4, -0.2) is 79.8 Å². The summed E-state index contributed by atoms with van der Waals surface area (Å²) >= 11 is 0. The van der Waals surface area contributed by atoms with Gasteiger partial charge in [0, 0.05) is 37.9 Å². The van der Waals surface area contributed by atoms with Crippen molar-refractivity contribution in [2.75, 3.05) is 19.8 Å². The second kappa shape index (κ2) is 15.7. The minimum atomic E-state index is -2.17. The number of carbonyl (C=O) groups is 1. The summed E-state index contributed by atoms with van der Waals surface area (Å²) in [5, 5.41) is 12.4. The van der Waals surface area contributed by atoms with E-state index >= 15 is 0 Å². The van der Waals surface area contributed by atoms with Crippen LogP contribution in [0.25, 0.3) is 0 Å². The molecule has 1 fully saturated rings. The van der Waals surface area contributed by atoms with Gasteiger partial charge in [0.05, 0.1) is 24.9 Å². The number of ether oxygens (including phenoxy) is 2. The fourth-order valence-corrected chi connectivity index (χ4v) is 10.4. The predicted molar refractivity (Wildman–Crippen MR) is 191 cm³/mol. The molecule has 10 heteroatoms. The maximum absolute atomic E-state index is 12.4. The molecule has 260 valence electrons. The van der Waals surface area contributed by atoms with E-state index in [1.807, 2.05) is 6.08 Å². The molecule has 1 heterocycles. The first kappa shape index (κ1) is 41.7. The highest BCUT2D eigenvalue weighted by Crippen LogP contribution is 2.50. The lowest BCUT2D eigenvalue weighted by molar-refractivity contribution is -0.142. The standard InChI is InChI=1S/C34H70O7Si3/c1-18-27(23-38-42(14,15)32(7,8)9)29(36)28(24-39-43(16,17)33(10,11)12)31(41-44(19-2,20-3)21-4)34(13)30(40-34)25(5)22-37-26(6)35/h18,25,27-31,36H,1,19-24H2,2-17H3/t25-,27-,28-,29+,30+,31-,34-/m0/s1. The van der Waals surface area contributed by atoms with Crippen LogP contribution < -0.4 is 0 Å². The number of esters is 1. The second-order valence-electron chi connectivity index (χ2n) is 16.5. The summed E-state index contributed by atoms with van der Waals surface area (Å²) in [6, 6.07) is 2.93. The van der Waals surface area contributed by atoms with E-state index in [1.54, 1.807) is 0 Å². The molecule has 44 heavy (non-hydrogen) atoms. The van der Waals surface area contributed by atoms with Crippen molar-refractivity contribution in [2.45, 2.75) is 161 Å². The average molecular weight is 675 g/mol. The SMILES string of the molecule is C=C[C@@H](CO[Si](C)(C)C(C)(C)C)[C@@H](O)[C@H](CO[Si](C)(C)C(C)(C)C)[C@H](O[Si](CC)(CC)CC)[C@@]1(C)O[C@@H]1[C@@H](C)COC(C)=O. The molecule has 0 bridgehead atoms. The fraction of sp³-hybridized carbons (Fsp3) is 0.912. The lowest BCUT2D eigenvalue weighted by Gasteiger charge is -2.45. The Morgan fingerprint density at radius 3 is 1.77 bits per heavy atom. The minimum Gasteiger partial charge on any atom is -0.465 e. The van der Waals surface area contributed by atoms with Crippen LogP contribution in [0.5, 0.6) is 0 Å². The summed E-state index contributed by atoms with van der Waals surface area (Å²) in [4.78, 5) is 11.6.